The maximum Gasteiger partial charge on any atom is 0.254 e. The molecule has 0 radical (unpaired) electrons. The Labute approximate surface area is 136 Å². The smallest absolute Gasteiger partial charge is 0.254 e. The van der Waals surface area contributed by atoms with Crippen LogP contribution in [0.15, 0.2) is 22.7 Å². The molecule has 2 unspecified atom stereocenters. The summed E-state index contributed by atoms with van der Waals surface area (Å²) in [6.07, 6.45) is 3.51. The van der Waals surface area contributed by atoms with Crippen LogP contribution in [0.4, 0.5) is 0 Å². The molecule has 1 saturated carbocycles. The first-order chi connectivity index (χ1) is 9.71. The van der Waals surface area contributed by atoms with Crippen molar-refractivity contribution in [3.63, 3.8) is 0 Å². The second kappa shape index (κ2) is 4.84. The Morgan fingerprint density at radius 3 is 2.71 bits per heavy atom. The highest BCUT2D eigenvalue weighted by Gasteiger charge is 2.51. The zero-order chi connectivity index (χ0) is 15.4. The molecule has 2 nitrogen and oxygen atoms in total. The highest BCUT2D eigenvalue weighted by Crippen LogP contribution is 2.52. The van der Waals surface area contributed by atoms with Crippen molar-refractivity contribution in [2.75, 3.05) is 6.54 Å². The van der Waals surface area contributed by atoms with E-state index in [-0.39, 0.29) is 5.91 Å². The molecule has 3 heteroatoms. The summed E-state index contributed by atoms with van der Waals surface area (Å²) in [4.78, 5) is 15.2. The first-order valence-corrected chi connectivity index (χ1v) is 8.56. The van der Waals surface area contributed by atoms with Gasteiger partial charge in [-0.25, -0.2) is 0 Å². The number of halogens is 1. The van der Waals surface area contributed by atoms with Crippen LogP contribution in [-0.2, 0) is 0 Å². The number of carbonyl (C=O) groups excluding carboxylic acids is 1. The molecule has 3 rings (SSSR count). The molecule has 114 valence electrons. The minimum Gasteiger partial charge on any atom is -0.335 e. The van der Waals surface area contributed by atoms with Crippen LogP contribution in [0.2, 0.25) is 0 Å². The van der Waals surface area contributed by atoms with E-state index in [2.05, 4.69) is 41.6 Å². The third kappa shape index (κ3) is 2.65. The number of carbonyl (C=O) groups is 1. The van der Waals surface area contributed by atoms with E-state index in [1.54, 1.807) is 0 Å². The van der Waals surface area contributed by atoms with Gasteiger partial charge in [0.15, 0.2) is 0 Å². The average molecular weight is 350 g/mol. The van der Waals surface area contributed by atoms with Crippen molar-refractivity contribution in [3.8, 4) is 0 Å². The molecule has 0 N–H and O–H groups in total. The Morgan fingerprint density at radius 1 is 1.29 bits per heavy atom. The third-order valence-electron chi connectivity index (χ3n) is 5.17. The van der Waals surface area contributed by atoms with Crippen molar-refractivity contribution in [3.05, 3.63) is 33.8 Å². The fraction of sp³-hybridized carbons (Fsp3) is 0.611. The van der Waals surface area contributed by atoms with Crippen molar-refractivity contribution >= 4 is 21.8 Å². The molecule has 2 bridgehead atoms. The molecule has 0 aromatic heterocycles. The van der Waals surface area contributed by atoms with Crippen molar-refractivity contribution in [2.24, 2.45) is 10.8 Å². The van der Waals surface area contributed by atoms with Crippen LogP contribution in [-0.4, -0.2) is 23.4 Å². The van der Waals surface area contributed by atoms with E-state index >= 15 is 0 Å². The van der Waals surface area contributed by atoms with E-state index in [0.29, 0.717) is 16.9 Å². The summed E-state index contributed by atoms with van der Waals surface area (Å²) >= 11 is 3.54. The molecule has 1 aliphatic carbocycles. The van der Waals surface area contributed by atoms with E-state index in [1.165, 1.54) is 6.42 Å². The maximum atomic E-state index is 13.0. The highest BCUT2D eigenvalue weighted by atomic mass is 79.9. The second-order valence-corrected chi connectivity index (χ2v) is 8.91. The topological polar surface area (TPSA) is 20.3 Å². The van der Waals surface area contributed by atoms with Gasteiger partial charge >= 0.3 is 0 Å². The van der Waals surface area contributed by atoms with Gasteiger partial charge in [-0.3, -0.25) is 4.79 Å². The highest BCUT2D eigenvalue weighted by molar-refractivity contribution is 9.10. The van der Waals surface area contributed by atoms with E-state index in [9.17, 15) is 4.79 Å². The lowest BCUT2D eigenvalue weighted by atomic mass is 9.65. The van der Waals surface area contributed by atoms with Crippen LogP contribution in [0.5, 0.6) is 0 Å². The summed E-state index contributed by atoms with van der Waals surface area (Å²) in [5, 5.41) is 0. The van der Waals surface area contributed by atoms with Gasteiger partial charge in [0.2, 0.25) is 0 Å². The van der Waals surface area contributed by atoms with Crippen LogP contribution in [0.1, 0.15) is 56.0 Å². The molecule has 21 heavy (non-hydrogen) atoms. The SMILES string of the molecule is Cc1c(Br)cccc1C(=O)N1CC2(C)CC1CC(C)(C)C2. The molecular formula is C18H24BrNO. The first-order valence-electron chi connectivity index (χ1n) is 7.77. The van der Waals surface area contributed by atoms with E-state index in [4.69, 9.17) is 0 Å². The molecule has 1 aliphatic heterocycles. The number of amides is 1. The predicted octanol–water partition coefficient (Wildman–Crippen LogP) is 4.80. The molecule has 1 aromatic carbocycles. The zero-order valence-electron chi connectivity index (χ0n) is 13.4. The van der Waals surface area contributed by atoms with Gasteiger partial charge < -0.3 is 4.90 Å². The minimum atomic E-state index is 0.209. The molecule has 2 aliphatic rings. The summed E-state index contributed by atoms with van der Waals surface area (Å²) in [5.41, 5.74) is 2.53. The number of rotatable bonds is 1. The summed E-state index contributed by atoms with van der Waals surface area (Å²) < 4.78 is 1.02. The largest absolute Gasteiger partial charge is 0.335 e. The quantitative estimate of drug-likeness (QED) is 0.713. The molecule has 1 saturated heterocycles. The van der Waals surface area contributed by atoms with E-state index in [0.717, 1.165) is 35.0 Å². The fourth-order valence-electron chi connectivity index (χ4n) is 4.69. The Kier molecular flexibility index (Phi) is 3.47. The third-order valence-corrected chi connectivity index (χ3v) is 6.03. The van der Waals surface area contributed by atoms with Crippen LogP contribution >= 0.6 is 15.9 Å². The monoisotopic (exact) mass is 349 g/mol. The lowest BCUT2D eigenvalue weighted by Crippen LogP contribution is -2.38. The summed E-state index contributed by atoms with van der Waals surface area (Å²) in [7, 11) is 0. The molecule has 2 atom stereocenters. The van der Waals surface area contributed by atoms with Crippen molar-refractivity contribution in [1.29, 1.82) is 0 Å². The van der Waals surface area contributed by atoms with Gasteiger partial charge in [-0.15, -0.1) is 0 Å². The summed E-state index contributed by atoms with van der Waals surface area (Å²) in [6.45, 7) is 9.96. The second-order valence-electron chi connectivity index (χ2n) is 8.06. The van der Waals surface area contributed by atoms with Gasteiger partial charge in [-0.05, 0) is 54.7 Å². The molecule has 1 amide bonds. The number of hydrogen-bond donors (Lipinski definition) is 0. The Morgan fingerprint density at radius 2 is 2.00 bits per heavy atom. The maximum absolute atomic E-state index is 13.0. The predicted molar refractivity (Wildman–Crippen MR) is 89.4 cm³/mol. The van der Waals surface area contributed by atoms with Gasteiger partial charge in [0.05, 0.1) is 0 Å². The Balaban J connectivity index is 1.92. The number of fused-ring (bicyclic) bond motifs is 2. The van der Waals surface area contributed by atoms with Crippen LogP contribution in [0.25, 0.3) is 0 Å². The molecule has 0 spiro atoms. The summed E-state index contributed by atoms with van der Waals surface area (Å²) in [5.74, 6) is 0.209. The normalized spacial score (nSPS) is 30.5. The zero-order valence-corrected chi connectivity index (χ0v) is 15.0. The van der Waals surface area contributed by atoms with Crippen LogP contribution in [0, 0.1) is 17.8 Å². The van der Waals surface area contributed by atoms with Gasteiger partial charge in [-0.1, -0.05) is 42.8 Å². The number of hydrogen-bond acceptors (Lipinski definition) is 1. The number of likely N-dealkylation sites (tertiary alicyclic amines) is 1. The lowest BCUT2D eigenvalue weighted by molar-refractivity contribution is 0.0707. The Bertz CT molecular complexity index is 595. The van der Waals surface area contributed by atoms with Gasteiger partial charge in [0.1, 0.15) is 0 Å². The van der Waals surface area contributed by atoms with Crippen LogP contribution in [0.3, 0.4) is 0 Å². The first kappa shape index (κ1) is 15.1. The van der Waals surface area contributed by atoms with Crippen LogP contribution < -0.4 is 0 Å². The average Bonchev–Trinajstić information content (AvgIpc) is 2.61. The van der Waals surface area contributed by atoms with Gasteiger partial charge in [-0.2, -0.15) is 0 Å². The van der Waals surface area contributed by atoms with Gasteiger partial charge in [0, 0.05) is 22.6 Å². The standard InChI is InChI=1S/C18H24BrNO/c1-12-14(6-5-7-15(12)19)16(21)20-11-18(4)9-13(20)8-17(2,3)10-18/h5-7,13H,8-11H2,1-4H3. The molecule has 1 aromatic rings. The Hall–Kier alpha value is -0.830. The van der Waals surface area contributed by atoms with Crippen molar-refractivity contribution < 1.29 is 4.79 Å². The van der Waals surface area contributed by atoms with E-state index < -0.39 is 0 Å². The minimum absolute atomic E-state index is 0.209. The molecule has 2 fully saturated rings. The number of nitrogens with zero attached hydrogens (tertiary/aromatic N) is 1. The fourth-order valence-corrected chi connectivity index (χ4v) is 5.06. The van der Waals surface area contributed by atoms with Crippen molar-refractivity contribution in [1.82, 2.24) is 4.90 Å². The molecule has 1 heterocycles. The van der Waals surface area contributed by atoms with Crippen molar-refractivity contribution in [2.45, 2.75) is 53.0 Å². The summed E-state index contributed by atoms with van der Waals surface area (Å²) in [6, 6.07) is 6.32. The number of benzene rings is 1. The van der Waals surface area contributed by atoms with E-state index in [1.807, 2.05) is 25.1 Å². The van der Waals surface area contributed by atoms with Gasteiger partial charge in [0.25, 0.3) is 5.91 Å². The molecular weight excluding hydrogens is 326 g/mol. The lowest BCUT2D eigenvalue weighted by Gasteiger charge is -2.39.